The molecule has 1 aromatic heterocycles. The van der Waals surface area contributed by atoms with Crippen LogP contribution in [0.3, 0.4) is 0 Å². The van der Waals surface area contributed by atoms with E-state index in [9.17, 15) is 4.79 Å². The summed E-state index contributed by atoms with van der Waals surface area (Å²) in [6, 6.07) is 17.5. The van der Waals surface area contributed by atoms with Crippen molar-refractivity contribution >= 4 is 29.0 Å². The minimum absolute atomic E-state index is 0.193. The second-order valence-corrected chi connectivity index (χ2v) is 5.36. The Labute approximate surface area is 141 Å². The Balaban J connectivity index is 2.02. The molecule has 1 heterocycles. The Morgan fingerprint density at radius 2 is 1.88 bits per heavy atom. The first-order valence-electron chi connectivity index (χ1n) is 7.63. The quantitative estimate of drug-likeness (QED) is 0.682. The van der Waals surface area contributed by atoms with Crippen LogP contribution < -0.4 is 0 Å². The van der Waals surface area contributed by atoms with E-state index < -0.39 is 0 Å². The van der Waals surface area contributed by atoms with Gasteiger partial charge in [0, 0.05) is 24.2 Å². The van der Waals surface area contributed by atoms with E-state index in [-0.39, 0.29) is 5.91 Å². The van der Waals surface area contributed by atoms with E-state index in [2.05, 4.69) is 4.98 Å². The Kier molecular flexibility index (Phi) is 4.68. The monoisotopic (exact) mass is 318 g/mol. The third-order valence-corrected chi connectivity index (χ3v) is 3.84. The Morgan fingerprint density at radius 1 is 1.08 bits per heavy atom. The highest BCUT2D eigenvalue weighted by Gasteiger charge is 2.12. The SMILES string of the molecule is CON(C)C(=O)c1ccc2nccc(C=Cc3ccccc3)c2c1. The van der Waals surface area contributed by atoms with Crippen LogP contribution in [-0.2, 0) is 4.84 Å². The van der Waals surface area contributed by atoms with Gasteiger partial charge >= 0.3 is 0 Å². The van der Waals surface area contributed by atoms with Gasteiger partial charge in [-0.1, -0.05) is 42.5 Å². The van der Waals surface area contributed by atoms with Gasteiger partial charge in [-0.25, -0.2) is 5.06 Å². The van der Waals surface area contributed by atoms with Crippen molar-refractivity contribution in [2.24, 2.45) is 0 Å². The number of pyridine rings is 1. The van der Waals surface area contributed by atoms with E-state index in [1.165, 1.54) is 12.2 Å². The highest BCUT2D eigenvalue weighted by Crippen LogP contribution is 2.21. The summed E-state index contributed by atoms with van der Waals surface area (Å²) < 4.78 is 0. The summed E-state index contributed by atoms with van der Waals surface area (Å²) >= 11 is 0. The molecule has 0 aliphatic rings. The molecule has 2 aromatic carbocycles. The average Bonchev–Trinajstić information content (AvgIpc) is 2.65. The Hall–Kier alpha value is -2.98. The van der Waals surface area contributed by atoms with Crippen molar-refractivity contribution in [3.63, 3.8) is 0 Å². The first-order valence-corrected chi connectivity index (χ1v) is 7.63. The summed E-state index contributed by atoms with van der Waals surface area (Å²) in [5.74, 6) is -0.193. The predicted octanol–water partition coefficient (Wildman–Crippen LogP) is 4.04. The van der Waals surface area contributed by atoms with E-state index in [1.54, 1.807) is 19.3 Å². The van der Waals surface area contributed by atoms with Crippen LogP contribution in [0.2, 0.25) is 0 Å². The van der Waals surface area contributed by atoms with Gasteiger partial charge in [0.25, 0.3) is 5.91 Å². The van der Waals surface area contributed by atoms with Crippen LogP contribution in [0.25, 0.3) is 23.1 Å². The lowest BCUT2D eigenvalue weighted by Crippen LogP contribution is -2.25. The van der Waals surface area contributed by atoms with Crippen LogP contribution in [-0.4, -0.2) is 30.1 Å². The summed E-state index contributed by atoms with van der Waals surface area (Å²) in [5.41, 5.74) is 3.54. The fourth-order valence-corrected chi connectivity index (χ4v) is 2.46. The molecule has 0 bridgehead atoms. The van der Waals surface area contributed by atoms with Crippen molar-refractivity contribution in [3.05, 3.63) is 77.5 Å². The molecule has 0 saturated heterocycles. The molecule has 24 heavy (non-hydrogen) atoms. The second-order valence-electron chi connectivity index (χ2n) is 5.36. The number of rotatable bonds is 4. The standard InChI is InChI=1S/C20H18N2O2/c1-22(24-2)20(23)17-10-11-19-18(14-17)16(12-13-21-19)9-8-15-6-4-3-5-7-15/h3-14H,1-2H3. The van der Waals surface area contributed by atoms with Gasteiger partial charge in [0.05, 0.1) is 12.6 Å². The number of aromatic nitrogens is 1. The number of hydrogen-bond acceptors (Lipinski definition) is 3. The maximum Gasteiger partial charge on any atom is 0.277 e. The number of nitrogens with zero attached hydrogens (tertiary/aromatic N) is 2. The van der Waals surface area contributed by atoms with Gasteiger partial charge in [0.15, 0.2) is 0 Å². The smallest absolute Gasteiger partial charge is 0.274 e. The lowest BCUT2D eigenvalue weighted by atomic mass is 10.0. The van der Waals surface area contributed by atoms with E-state index in [1.807, 2.05) is 60.7 Å². The van der Waals surface area contributed by atoms with Gasteiger partial charge in [-0.2, -0.15) is 0 Å². The number of carbonyl (C=O) groups excluding carboxylic acids is 1. The number of hydroxylamine groups is 2. The lowest BCUT2D eigenvalue weighted by Gasteiger charge is -2.14. The molecule has 0 saturated carbocycles. The van der Waals surface area contributed by atoms with Gasteiger partial charge in [-0.3, -0.25) is 14.6 Å². The minimum Gasteiger partial charge on any atom is -0.274 e. The van der Waals surface area contributed by atoms with Gasteiger partial charge in [-0.15, -0.1) is 0 Å². The van der Waals surface area contributed by atoms with Crippen LogP contribution in [0.4, 0.5) is 0 Å². The molecule has 4 nitrogen and oxygen atoms in total. The molecule has 0 N–H and O–H groups in total. The van der Waals surface area contributed by atoms with Crippen LogP contribution in [0, 0.1) is 0 Å². The molecule has 120 valence electrons. The summed E-state index contributed by atoms with van der Waals surface area (Å²) in [5, 5.41) is 2.14. The molecular formula is C20H18N2O2. The van der Waals surface area contributed by atoms with Crippen LogP contribution in [0.1, 0.15) is 21.5 Å². The fraction of sp³-hybridized carbons (Fsp3) is 0.100. The van der Waals surface area contributed by atoms with Crippen molar-refractivity contribution in [1.29, 1.82) is 0 Å². The van der Waals surface area contributed by atoms with Crippen molar-refractivity contribution < 1.29 is 9.63 Å². The van der Waals surface area contributed by atoms with Crippen LogP contribution >= 0.6 is 0 Å². The van der Waals surface area contributed by atoms with Crippen molar-refractivity contribution in [1.82, 2.24) is 10.0 Å². The van der Waals surface area contributed by atoms with Crippen molar-refractivity contribution in [3.8, 4) is 0 Å². The molecule has 3 rings (SSSR count). The van der Waals surface area contributed by atoms with Gasteiger partial charge in [-0.05, 0) is 35.4 Å². The molecule has 0 unspecified atom stereocenters. The summed E-state index contributed by atoms with van der Waals surface area (Å²) in [6.45, 7) is 0. The summed E-state index contributed by atoms with van der Waals surface area (Å²) in [7, 11) is 3.06. The lowest BCUT2D eigenvalue weighted by molar-refractivity contribution is -0.0756. The van der Waals surface area contributed by atoms with Gasteiger partial charge in [0.1, 0.15) is 0 Å². The first kappa shape index (κ1) is 15.9. The average molecular weight is 318 g/mol. The molecule has 0 fully saturated rings. The van der Waals surface area contributed by atoms with Crippen molar-refractivity contribution in [2.75, 3.05) is 14.2 Å². The minimum atomic E-state index is -0.193. The van der Waals surface area contributed by atoms with E-state index >= 15 is 0 Å². The number of amides is 1. The second kappa shape index (κ2) is 7.06. The Morgan fingerprint density at radius 3 is 2.62 bits per heavy atom. The molecule has 0 aliphatic heterocycles. The molecule has 0 radical (unpaired) electrons. The Bertz CT molecular complexity index is 889. The largest absolute Gasteiger partial charge is 0.277 e. The number of benzene rings is 2. The first-order chi connectivity index (χ1) is 11.7. The highest BCUT2D eigenvalue weighted by molar-refractivity contribution is 5.99. The molecular weight excluding hydrogens is 300 g/mol. The highest BCUT2D eigenvalue weighted by atomic mass is 16.7. The maximum absolute atomic E-state index is 12.3. The van der Waals surface area contributed by atoms with E-state index in [4.69, 9.17) is 4.84 Å². The molecule has 1 amide bonds. The molecule has 3 aromatic rings. The topological polar surface area (TPSA) is 42.4 Å². The molecule has 0 aliphatic carbocycles. The van der Waals surface area contributed by atoms with E-state index in [0.29, 0.717) is 5.56 Å². The zero-order chi connectivity index (χ0) is 16.9. The van der Waals surface area contributed by atoms with Gasteiger partial charge < -0.3 is 0 Å². The zero-order valence-corrected chi connectivity index (χ0v) is 13.6. The third-order valence-electron chi connectivity index (χ3n) is 3.84. The molecule has 0 spiro atoms. The number of hydrogen-bond donors (Lipinski definition) is 0. The number of carbonyl (C=O) groups is 1. The summed E-state index contributed by atoms with van der Waals surface area (Å²) in [4.78, 5) is 21.6. The predicted molar refractivity (Wildman–Crippen MR) is 96.2 cm³/mol. The molecule has 0 atom stereocenters. The van der Waals surface area contributed by atoms with E-state index in [0.717, 1.165) is 22.0 Å². The van der Waals surface area contributed by atoms with Crippen LogP contribution in [0.5, 0.6) is 0 Å². The molecule has 4 heteroatoms. The van der Waals surface area contributed by atoms with Gasteiger partial charge in [0.2, 0.25) is 0 Å². The van der Waals surface area contributed by atoms with Crippen molar-refractivity contribution in [2.45, 2.75) is 0 Å². The zero-order valence-electron chi connectivity index (χ0n) is 13.6. The maximum atomic E-state index is 12.3. The normalized spacial score (nSPS) is 11.1. The third kappa shape index (κ3) is 3.34. The fourth-order valence-electron chi connectivity index (χ4n) is 2.46. The summed E-state index contributed by atoms with van der Waals surface area (Å²) in [6.07, 6.45) is 5.86. The number of fused-ring (bicyclic) bond motifs is 1. The van der Waals surface area contributed by atoms with Crippen LogP contribution in [0.15, 0.2) is 60.8 Å².